The zero-order valence-corrected chi connectivity index (χ0v) is 8.69. The van der Waals surface area contributed by atoms with E-state index in [4.69, 9.17) is 9.84 Å². The van der Waals surface area contributed by atoms with Crippen molar-refractivity contribution in [3.63, 3.8) is 0 Å². The van der Waals surface area contributed by atoms with E-state index >= 15 is 0 Å². The molecule has 0 aliphatic carbocycles. The number of carboxylic acids is 1. The molecule has 82 valence electrons. The van der Waals surface area contributed by atoms with Crippen LogP contribution in [0.4, 0.5) is 0 Å². The zero-order chi connectivity index (χ0) is 11.4. The van der Waals surface area contributed by atoms with E-state index in [1.807, 2.05) is 0 Å². The number of ether oxygens (including phenoxy) is 1. The number of aliphatic carboxylic acids is 1. The van der Waals surface area contributed by atoms with E-state index in [1.165, 1.54) is 18.9 Å². The Bertz CT molecular complexity index is 328. The highest BCUT2D eigenvalue weighted by Gasteiger charge is 2.39. The van der Waals surface area contributed by atoms with Crippen LogP contribution in [-0.2, 0) is 14.3 Å². The van der Waals surface area contributed by atoms with Crippen LogP contribution in [0, 0.1) is 11.8 Å². The van der Waals surface area contributed by atoms with Gasteiger partial charge in [0, 0.05) is 20.1 Å². The van der Waals surface area contributed by atoms with Gasteiger partial charge in [-0.3, -0.25) is 4.79 Å². The van der Waals surface area contributed by atoms with Gasteiger partial charge in [-0.1, -0.05) is 5.92 Å². The van der Waals surface area contributed by atoms with Crippen molar-refractivity contribution in [2.45, 2.75) is 25.5 Å². The van der Waals surface area contributed by atoms with Gasteiger partial charge < -0.3 is 14.7 Å². The lowest BCUT2D eigenvalue weighted by atomic mass is 10.2. The van der Waals surface area contributed by atoms with Crippen LogP contribution in [0.5, 0.6) is 0 Å². The first-order chi connectivity index (χ1) is 7.10. The van der Waals surface area contributed by atoms with E-state index in [9.17, 15) is 9.59 Å². The molecule has 1 fully saturated rings. The van der Waals surface area contributed by atoms with Crippen molar-refractivity contribution in [3.05, 3.63) is 0 Å². The second kappa shape index (κ2) is 4.80. The highest BCUT2D eigenvalue weighted by atomic mass is 16.5. The van der Waals surface area contributed by atoms with Gasteiger partial charge in [-0.2, -0.15) is 0 Å². The number of carbonyl (C=O) groups excluding carboxylic acids is 1. The van der Waals surface area contributed by atoms with Crippen LogP contribution in [0.25, 0.3) is 0 Å². The Morgan fingerprint density at radius 3 is 2.67 bits per heavy atom. The third-order valence-corrected chi connectivity index (χ3v) is 2.37. The number of hydrogen-bond acceptors (Lipinski definition) is 3. The van der Waals surface area contributed by atoms with E-state index < -0.39 is 17.9 Å². The molecule has 0 aromatic rings. The molecule has 5 nitrogen and oxygen atoms in total. The number of carboxylic acid groups (broad SMARTS) is 1. The molecule has 1 aliphatic rings. The molecular formula is C10H13NO4. The number of nitrogens with zero attached hydrogens (tertiary/aromatic N) is 1. The van der Waals surface area contributed by atoms with Crippen LogP contribution in [0.1, 0.15) is 13.3 Å². The van der Waals surface area contributed by atoms with Gasteiger partial charge in [0.25, 0.3) is 5.91 Å². The first-order valence-corrected chi connectivity index (χ1v) is 4.59. The molecule has 0 bridgehead atoms. The molecule has 1 saturated heterocycles. The summed E-state index contributed by atoms with van der Waals surface area (Å²) in [6, 6.07) is -0.816. The van der Waals surface area contributed by atoms with Gasteiger partial charge in [-0.25, -0.2) is 4.79 Å². The molecule has 1 amide bonds. The van der Waals surface area contributed by atoms with Crippen molar-refractivity contribution in [2.24, 2.45) is 0 Å². The van der Waals surface area contributed by atoms with E-state index in [0.29, 0.717) is 13.0 Å². The standard InChI is InChI=1S/C10H13NO4/c1-3-4-9(12)11-6-7(15-2)5-8(11)10(13)14/h7-8H,5-6H2,1-2H3,(H,13,14). The van der Waals surface area contributed by atoms with Gasteiger partial charge in [0.1, 0.15) is 6.04 Å². The third-order valence-electron chi connectivity index (χ3n) is 2.37. The maximum atomic E-state index is 11.5. The van der Waals surface area contributed by atoms with Crippen molar-refractivity contribution in [2.75, 3.05) is 13.7 Å². The minimum Gasteiger partial charge on any atom is -0.480 e. The van der Waals surface area contributed by atoms with E-state index in [1.54, 1.807) is 0 Å². The number of carbonyl (C=O) groups is 2. The van der Waals surface area contributed by atoms with Crippen molar-refractivity contribution in [3.8, 4) is 11.8 Å². The number of likely N-dealkylation sites (tertiary alicyclic amines) is 1. The minimum atomic E-state index is -1.01. The van der Waals surface area contributed by atoms with Gasteiger partial charge in [0.15, 0.2) is 0 Å². The van der Waals surface area contributed by atoms with Gasteiger partial charge >= 0.3 is 5.97 Å². The van der Waals surface area contributed by atoms with Crippen LogP contribution in [0.2, 0.25) is 0 Å². The molecule has 2 atom stereocenters. The molecular weight excluding hydrogens is 198 g/mol. The summed E-state index contributed by atoms with van der Waals surface area (Å²) in [5, 5.41) is 8.92. The predicted octanol–water partition coefficient (Wildman–Crippen LogP) is -0.290. The highest BCUT2D eigenvalue weighted by molar-refractivity contribution is 5.96. The smallest absolute Gasteiger partial charge is 0.326 e. The Morgan fingerprint density at radius 1 is 1.53 bits per heavy atom. The zero-order valence-electron chi connectivity index (χ0n) is 8.69. The van der Waals surface area contributed by atoms with Gasteiger partial charge in [0.2, 0.25) is 0 Å². The average molecular weight is 211 g/mol. The average Bonchev–Trinajstić information content (AvgIpc) is 2.61. The molecule has 1 heterocycles. The van der Waals surface area contributed by atoms with Crippen molar-refractivity contribution in [1.29, 1.82) is 0 Å². The number of hydrogen-bond donors (Lipinski definition) is 1. The summed E-state index contributed by atoms with van der Waals surface area (Å²) >= 11 is 0. The third kappa shape index (κ3) is 2.48. The molecule has 0 spiro atoms. The van der Waals surface area contributed by atoms with Crippen molar-refractivity contribution in [1.82, 2.24) is 4.90 Å². The SMILES string of the molecule is CC#CC(=O)N1CC(OC)CC1C(=O)O. The molecule has 2 unspecified atom stereocenters. The lowest BCUT2D eigenvalue weighted by Crippen LogP contribution is -2.39. The molecule has 1 N–H and O–H groups in total. The van der Waals surface area contributed by atoms with E-state index in [2.05, 4.69) is 11.8 Å². The Kier molecular flexibility index (Phi) is 3.69. The molecule has 0 saturated carbocycles. The summed E-state index contributed by atoms with van der Waals surface area (Å²) in [6.07, 6.45) is 0.108. The van der Waals surface area contributed by atoms with E-state index in [0.717, 1.165) is 0 Å². The van der Waals surface area contributed by atoms with Crippen molar-refractivity contribution >= 4 is 11.9 Å². The Labute approximate surface area is 88.0 Å². The molecule has 0 aromatic heterocycles. The maximum absolute atomic E-state index is 11.5. The number of rotatable bonds is 2. The fraction of sp³-hybridized carbons (Fsp3) is 0.600. The van der Waals surface area contributed by atoms with Crippen LogP contribution >= 0.6 is 0 Å². The predicted molar refractivity (Wildman–Crippen MR) is 52.0 cm³/mol. The summed E-state index contributed by atoms with van der Waals surface area (Å²) in [4.78, 5) is 23.6. The molecule has 0 aromatic carbocycles. The molecule has 5 heteroatoms. The van der Waals surface area contributed by atoms with Crippen LogP contribution in [0.15, 0.2) is 0 Å². The Balaban J connectivity index is 2.79. The topological polar surface area (TPSA) is 66.8 Å². The van der Waals surface area contributed by atoms with Crippen molar-refractivity contribution < 1.29 is 19.4 Å². The lowest BCUT2D eigenvalue weighted by molar-refractivity contribution is -0.146. The quantitative estimate of drug-likeness (QED) is 0.637. The Hall–Kier alpha value is -1.54. The summed E-state index contributed by atoms with van der Waals surface area (Å²) in [7, 11) is 1.50. The molecule has 1 aliphatic heterocycles. The summed E-state index contributed by atoms with van der Waals surface area (Å²) < 4.78 is 5.04. The normalized spacial score (nSPS) is 24.5. The highest BCUT2D eigenvalue weighted by Crippen LogP contribution is 2.20. The summed E-state index contributed by atoms with van der Waals surface area (Å²) in [6.45, 7) is 1.83. The van der Waals surface area contributed by atoms with Gasteiger partial charge in [0.05, 0.1) is 6.10 Å². The van der Waals surface area contributed by atoms with Crippen LogP contribution < -0.4 is 0 Å². The first-order valence-electron chi connectivity index (χ1n) is 4.59. The number of amides is 1. The second-order valence-electron chi connectivity index (χ2n) is 3.28. The summed E-state index contributed by atoms with van der Waals surface area (Å²) in [5.41, 5.74) is 0. The van der Waals surface area contributed by atoms with Crippen LogP contribution in [-0.4, -0.2) is 47.7 Å². The van der Waals surface area contributed by atoms with Gasteiger partial charge in [-0.05, 0) is 12.8 Å². The van der Waals surface area contributed by atoms with Gasteiger partial charge in [-0.15, -0.1) is 0 Å². The van der Waals surface area contributed by atoms with Crippen LogP contribution in [0.3, 0.4) is 0 Å². The minimum absolute atomic E-state index is 0.214. The maximum Gasteiger partial charge on any atom is 0.326 e. The monoisotopic (exact) mass is 211 g/mol. The first kappa shape index (κ1) is 11.5. The fourth-order valence-corrected chi connectivity index (χ4v) is 1.61. The fourth-order valence-electron chi connectivity index (χ4n) is 1.61. The van der Waals surface area contributed by atoms with E-state index in [-0.39, 0.29) is 6.10 Å². The lowest BCUT2D eigenvalue weighted by Gasteiger charge is -2.17. The largest absolute Gasteiger partial charge is 0.480 e. The molecule has 0 radical (unpaired) electrons. The molecule has 1 rings (SSSR count). The molecule has 15 heavy (non-hydrogen) atoms. The second-order valence-corrected chi connectivity index (χ2v) is 3.28. The summed E-state index contributed by atoms with van der Waals surface area (Å²) in [5.74, 6) is 3.33. The Morgan fingerprint density at radius 2 is 2.20 bits per heavy atom. The number of methoxy groups -OCH3 is 1.